The van der Waals surface area contributed by atoms with Gasteiger partial charge in [-0.2, -0.15) is 0 Å². The van der Waals surface area contributed by atoms with E-state index >= 15 is 0 Å². The Kier molecular flexibility index (Phi) is 3.29. The van der Waals surface area contributed by atoms with Crippen LogP contribution in [0.15, 0.2) is 71.8 Å². The van der Waals surface area contributed by atoms with E-state index in [0.717, 1.165) is 0 Å². The van der Waals surface area contributed by atoms with Gasteiger partial charge in [0.15, 0.2) is 0 Å². The van der Waals surface area contributed by atoms with Gasteiger partial charge in [0.25, 0.3) is 0 Å². The molecule has 3 rings (SSSR count). The summed E-state index contributed by atoms with van der Waals surface area (Å²) in [6, 6.07) is 22.3. The summed E-state index contributed by atoms with van der Waals surface area (Å²) in [4.78, 5) is 0. The Morgan fingerprint density at radius 3 is 1.37 bits per heavy atom. The molecule has 1 heteroatoms. The highest BCUT2D eigenvalue weighted by Gasteiger charge is 2.47. The largest absolute Gasteiger partial charge is 0.0998 e. The van der Waals surface area contributed by atoms with Crippen LogP contribution in [0.1, 0.15) is 13.8 Å². The number of benzene rings is 2. The van der Waals surface area contributed by atoms with E-state index in [9.17, 15) is 0 Å². The molecule has 0 radical (unpaired) electrons. The van der Waals surface area contributed by atoms with Crippen LogP contribution in [-0.4, -0.2) is 12.3 Å². The van der Waals surface area contributed by atoms with Crippen molar-refractivity contribution in [3.8, 4) is 0 Å². The van der Waals surface area contributed by atoms with Crippen LogP contribution < -0.4 is 10.6 Å². The summed E-state index contributed by atoms with van der Waals surface area (Å²) in [5, 5.41) is 3.11. The van der Waals surface area contributed by atoms with Gasteiger partial charge in [-0.05, 0) is 49.3 Å². The van der Waals surface area contributed by atoms with Crippen LogP contribution in [0.5, 0.6) is 0 Å². The second-order valence-electron chi connectivity index (χ2n) is 5.52. The highest BCUT2D eigenvalue weighted by atomic mass is 31.2. The highest BCUT2D eigenvalue weighted by Crippen LogP contribution is 2.62. The Morgan fingerprint density at radius 1 is 0.632 bits per heavy atom. The molecule has 0 spiro atoms. The monoisotopic (exact) mass is 267 g/mol. The SMILES string of the molecule is CC1=C(C)C[P+](c2ccccc2)(c2ccccc2)C1. The van der Waals surface area contributed by atoms with E-state index in [1.54, 1.807) is 21.8 Å². The fourth-order valence-electron chi connectivity index (χ4n) is 3.08. The third kappa shape index (κ3) is 2.15. The molecule has 0 bridgehead atoms. The first-order valence-electron chi connectivity index (χ1n) is 6.86. The average molecular weight is 267 g/mol. The van der Waals surface area contributed by atoms with Crippen LogP contribution in [0.25, 0.3) is 0 Å². The van der Waals surface area contributed by atoms with E-state index in [0.29, 0.717) is 0 Å². The Bertz CT molecular complexity index is 541. The zero-order chi connectivity index (χ0) is 13.3. The van der Waals surface area contributed by atoms with Crippen LogP contribution in [0.3, 0.4) is 0 Å². The molecule has 0 unspecified atom stereocenters. The first-order chi connectivity index (χ1) is 9.22. The van der Waals surface area contributed by atoms with Crippen LogP contribution in [0.2, 0.25) is 0 Å². The zero-order valence-corrected chi connectivity index (χ0v) is 12.5. The van der Waals surface area contributed by atoms with Crippen LogP contribution in [0.4, 0.5) is 0 Å². The molecule has 0 aromatic heterocycles. The molecule has 1 heterocycles. The van der Waals surface area contributed by atoms with Crippen molar-refractivity contribution in [3.63, 3.8) is 0 Å². The van der Waals surface area contributed by atoms with Crippen molar-refractivity contribution in [2.75, 3.05) is 12.3 Å². The van der Waals surface area contributed by atoms with E-state index < -0.39 is 7.26 Å². The maximum Gasteiger partial charge on any atom is 0.0998 e. The van der Waals surface area contributed by atoms with Gasteiger partial charge in [0.2, 0.25) is 0 Å². The molecule has 0 atom stereocenters. The van der Waals surface area contributed by atoms with Crippen molar-refractivity contribution >= 4 is 17.9 Å². The first kappa shape index (κ1) is 12.6. The maximum atomic E-state index is 2.33. The molecular formula is C18H20P+. The second kappa shape index (κ2) is 4.94. The lowest BCUT2D eigenvalue weighted by atomic mass is 10.2. The molecule has 2 aromatic rings. The molecule has 96 valence electrons. The van der Waals surface area contributed by atoms with Gasteiger partial charge in [-0.1, -0.05) is 36.4 Å². The molecule has 0 N–H and O–H groups in total. The predicted molar refractivity (Wildman–Crippen MR) is 87.2 cm³/mol. The van der Waals surface area contributed by atoms with Crippen molar-refractivity contribution in [3.05, 3.63) is 71.8 Å². The smallest absolute Gasteiger partial charge is 0.0620 e. The van der Waals surface area contributed by atoms with E-state index in [1.165, 1.54) is 12.3 Å². The number of rotatable bonds is 2. The Hall–Kier alpha value is -1.39. The van der Waals surface area contributed by atoms with Crippen molar-refractivity contribution < 1.29 is 0 Å². The zero-order valence-electron chi connectivity index (χ0n) is 11.6. The summed E-state index contributed by atoms with van der Waals surface area (Å²) >= 11 is 0. The highest BCUT2D eigenvalue weighted by molar-refractivity contribution is 7.90. The fourth-order valence-corrected chi connectivity index (χ4v) is 7.86. The Balaban J connectivity index is 2.14. The van der Waals surface area contributed by atoms with Gasteiger partial charge in [0.1, 0.15) is 0 Å². The molecule has 19 heavy (non-hydrogen) atoms. The van der Waals surface area contributed by atoms with Crippen molar-refractivity contribution in [2.24, 2.45) is 0 Å². The molecule has 0 saturated carbocycles. The van der Waals surface area contributed by atoms with Crippen molar-refractivity contribution in [1.82, 2.24) is 0 Å². The predicted octanol–water partition coefficient (Wildman–Crippen LogP) is 4.01. The first-order valence-corrected chi connectivity index (χ1v) is 9.02. The van der Waals surface area contributed by atoms with Gasteiger partial charge >= 0.3 is 0 Å². The molecular weight excluding hydrogens is 247 g/mol. The normalized spacial score (nSPS) is 17.8. The lowest BCUT2D eigenvalue weighted by Gasteiger charge is -2.23. The fraction of sp³-hybridized carbons (Fsp3) is 0.222. The number of allylic oxidation sites excluding steroid dienone is 2. The van der Waals surface area contributed by atoms with Gasteiger partial charge in [-0.15, -0.1) is 0 Å². The molecule has 2 aromatic carbocycles. The van der Waals surface area contributed by atoms with Crippen LogP contribution in [-0.2, 0) is 0 Å². The summed E-state index contributed by atoms with van der Waals surface area (Å²) < 4.78 is 0. The Labute approximate surface area is 116 Å². The minimum absolute atomic E-state index is 1.24. The average Bonchev–Trinajstić information content (AvgIpc) is 2.78. The molecule has 0 fully saturated rings. The van der Waals surface area contributed by atoms with Gasteiger partial charge in [0.05, 0.1) is 30.2 Å². The summed E-state index contributed by atoms with van der Waals surface area (Å²) in [6.45, 7) is 4.62. The van der Waals surface area contributed by atoms with Crippen molar-refractivity contribution in [1.29, 1.82) is 0 Å². The van der Waals surface area contributed by atoms with Gasteiger partial charge in [0, 0.05) is 0 Å². The lowest BCUT2D eigenvalue weighted by molar-refractivity contribution is 1.29. The summed E-state index contributed by atoms with van der Waals surface area (Å²) in [6.07, 6.45) is 2.51. The molecule has 1 aliphatic heterocycles. The van der Waals surface area contributed by atoms with E-state index in [1.807, 2.05) is 0 Å². The molecule has 1 aliphatic rings. The molecule has 0 amide bonds. The Morgan fingerprint density at radius 2 is 1.00 bits per heavy atom. The minimum atomic E-state index is -1.24. The van der Waals surface area contributed by atoms with Gasteiger partial charge in [-0.25, -0.2) is 0 Å². The maximum absolute atomic E-state index is 2.33. The molecule has 0 saturated heterocycles. The standard InChI is InChI=1S/C18H20P/c1-15-13-19(14-16(15)2,17-9-5-3-6-10-17)18-11-7-4-8-12-18/h3-12H,13-14H2,1-2H3/q+1. The van der Waals surface area contributed by atoms with Crippen LogP contribution >= 0.6 is 7.26 Å². The van der Waals surface area contributed by atoms with E-state index in [-0.39, 0.29) is 0 Å². The topological polar surface area (TPSA) is 0 Å². The molecule has 0 aliphatic carbocycles. The van der Waals surface area contributed by atoms with Gasteiger partial charge in [-0.3, -0.25) is 0 Å². The van der Waals surface area contributed by atoms with Crippen LogP contribution in [0, 0.1) is 0 Å². The third-order valence-corrected chi connectivity index (χ3v) is 8.85. The molecule has 0 nitrogen and oxygen atoms in total. The summed E-state index contributed by atoms with van der Waals surface area (Å²) in [5.74, 6) is 0. The van der Waals surface area contributed by atoms with E-state index in [2.05, 4.69) is 74.5 Å². The summed E-state index contributed by atoms with van der Waals surface area (Å²) in [5.41, 5.74) is 3.20. The number of hydrogen-bond donors (Lipinski definition) is 0. The van der Waals surface area contributed by atoms with Gasteiger partial charge < -0.3 is 0 Å². The third-order valence-electron chi connectivity index (χ3n) is 4.24. The minimum Gasteiger partial charge on any atom is -0.0620 e. The second-order valence-corrected chi connectivity index (χ2v) is 9.12. The van der Waals surface area contributed by atoms with Crippen molar-refractivity contribution in [2.45, 2.75) is 13.8 Å². The summed E-state index contributed by atoms with van der Waals surface area (Å²) in [7, 11) is -1.24. The van der Waals surface area contributed by atoms with E-state index in [4.69, 9.17) is 0 Å². The quantitative estimate of drug-likeness (QED) is 0.570. The number of hydrogen-bond acceptors (Lipinski definition) is 0. The lowest BCUT2D eigenvalue weighted by Crippen LogP contribution is -2.24.